The van der Waals surface area contributed by atoms with Crippen LogP contribution in [0.15, 0.2) is 42.5 Å². The molecule has 0 bridgehead atoms. The van der Waals surface area contributed by atoms with Crippen molar-refractivity contribution in [2.24, 2.45) is 0 Å². The first-order valence-corrected chi connectivity index (χ1v) is 8.80. The molecule has 2 rings (SSSR count). The van der Waals surface area contributed by atoms with Crippen molar-refractivity contribution in [2.45, 2.75) is 26.9 Å². The van der Waals surface area contributed by atoms with Crippen LogP contribution < -0.4 is 5.32 Å². The standard InChI is InChI=1S/C21H24N2O5/c1-13-8-10-16(11-9-13)22-18(24)12-23(4)20(26)15(3)28-21(27)17-7-5-6-14(2)19(17)25/h5-11,15,25H,12H2,1-4H3,(H,22,24)/t15-/m1/s1. The summed E-state index contributed by atoms with van der Waals surface area (Å²) in [7, 11) is 1.45. The number of ether oxygens (including phenoxy) is 1. The Labute approximate surface area is 163 Å². The zero-order valence-electron chi connectivity index (χ0n) is 16.4. The number of rotatable bonds is 6. The van der Waals surface area contributed by atoms with Crippen molar-refractivity contribution < 1.29 is 24.2 Å². The van der Waals surface area contributed by atoms with Gasteiger partial charge in [0.1, 0.15) is 11.3 Å². The molecule has 2 aromatic rings. The highest BCUT2D eigenvalue weighted by atomic mass is 16.5. The number of aryl methyl sites for hydroxylation is 2. The summed E-state index contributed by atoms with van der Waals surface area (Å²) in [4.78, 5) is 37.9. The summed E-state index contributed by atoms with van der Waals surface area (Å²) in [5, 5.41) is 12.7. The highest BCUT2D eigenvalue weighted by molar-refractivity contribution is 5.97. The molecule has 0 aliphatic carbocycles. The van der Waals surface area contributed by atoms with Crippen LogP contribution in [0.25, 0.3) is 0 Å². The summed E-state index contributed by atoms with van der Waals surface area (Å²) >= 11 is 0. The number of phenolic OH excluding ortho intramolecular Hbond substituents is 1. The molecule has 7 nitrogen and oxygen atoms in total. The van der Waals surface area contributed by atoms with Crippen molar-refractivity contribution >= 4 is 23.5 Å². The van der Waals surface area contributed by atoms with Crippen LogP contribution >= 0.6 is 0 Å². The number of nitrogens with one attached hydrogen (secondary N) is 1. The van der Waals surface area contributed by atoms with Crippen LogP contribution in [-0.4, -0.2) is 47.5 Å². The molecule has 0 saturated heterocycles. The molecule has 7 heteroatoms. The number of nitrogens with zero attached hydrogens (tertiary/aromatic N) is 1. The predicted molar refractivity (Wildman–Crippen MR) is 105 cm³/mol. The second kappa shape index (κ2) is 9.03. The molecule has 0 heterocycles. The molecule has 0 unspecified atom stereocenters. The third-order valence-corrected chi connectivity index (χ3v) is 4.18. The second-order valence-electron chi connectivity index (χ2n) is 6.63. The number of benzene rings is 2. The number of likely N-dealkylation sites (N-methyl/N-ethyl adjacent to an activating group) is 1. The van der Waals surface area contributed by atoms with Gasteiger partial charge in [-0.15, -0.1) is 0 Å². The lowest BCUT2D eigenvalue weighted by Crippen LogP contribution is -2.41. The summed E-state index contributed by atoms with van der Waals surface area (Å²) in [6.45, 7) is 4.82. The van der Waals surface area contributed by atoms with E-state index in [0.29, 0.717) is 11.3 Å². The monoisotopic (exact) mass is 384 g/mol. The third kappa shape index (κ3) is 5.33. The number of anilines is 1. The molecule has 0 fully saturated rings. The highest BCUT2D eigenvalue weighted by Crippen LogP contribution is 2.22. The van der Waals surface area contributed by atoms with Gasteiger partial charge < -0.3 is 20.1 Å². The fourth-order valence-electron chi connectivity index (χ4n) is 2.54. The molecule has 148 valence electrons. The molecule has 0 aliphatic heterocycles. The number of amides is 2. The van der Waals surface area contributed by atoms with Gasteiger partial charge in [0.15, 0.2) is 6.10 Å². The van der Waals surface area contributed by atoms with E-state index in [2.05, 4.69) is 5.32 Å². The molecule has 0 aromatic heterocycles. The Morgan fingerprint density at radius 2 is 1.75 bits per heavy atom. The maximum Gasteiger partial charge on any atom is 0.342 e. The van der Waals surface area contributed by atoms with Gasteiger partial charge in [0.2, 0.25) is 5.91 Å². The van der Waals surface area contributed by atoms with Gasteiger partial charge in [-0.05, 0) is 44.5 Å². The largest absolute Gasteiger partial charge is 0.507 e. The van der Waals surface area contributed by atoms with Crippen molar-refractivity contribution in [1.29, 1.82) is 0 Å². The normalized spacial score (nSPS) is 11.4. The van der Waals surface area contributed by atoms with Gasteiger partial charge in [-0.2, -0.15) is 0 Å². The number of hydrogen-bond donors (Lipinski definition) is 2. The smallest absolute Gasteiger partial charge is 0.342 e. The van der Waals surface area contributed by atoms with E-state index in [-0.39, 0.29) is 23.8 Å². The van der Waals surface area contributed by atoms with Gasteiger partial charge in [0, 0.05) is 12.7 Å². The van der Waals surface area contributed by atoms with Gasteiger partial charge in [0.25, 0.3) is 5.91 Å². The summed E-state index contributed by atoms with van der Waals surface area (Å²) in [6.07, 6.45) is -1.11. The van der Waals surface area contributed by atoms with E-state index in [9.17, 15) is 19.5 Å². The van der Waals surface area contributed by atoms with Gasteiger partial charge in [0.05, 0.1) is 6.54 Å². The zero-order chi connectivity index (χ0) is 20.8. The Morgan fingerprint density at radius 3 is 2.39 bits per heavy atom. The fourth-order valence-corrected chi connectivity index (χ4v) is 2.54. The Bertz CT molecular complexity index is 877. The molecule has 1 atom stereocenters. The number of para-hydroxylation sites is 1. The molecule has 0 saturated carbocycles. The molecule has 2 aromatic carbocycles. The molecule has 2 N–H and O–H groups in total. The molecule has 2 amide bonds. The average molecular weight is 384 g/mol. The van der Waals surface area contributed by atoms with Gasteiger partial charge in [-0.3, -0.25) is 9.59 Å². The Morgan fingerprint density at radius 1 is 1.11 bits per heavy atom. The van der Waals surface area contributed by atoms with Gasteiger partial charge in [-0.25, -0.2) is 4.79 Å². The van der Waals surface area contributed by atoms with Crippen molar-refractivity contribution in [1.82, 2.24) is 4.90 Å². The number of esters is 1. The van der Waals surface area contributed by atoms with Crippen LogP contribution in [0.5, 0.6) is 5.75 Å². The molecule has 0 spiro atoms. The number of hydrogen-bond acceptors (Lipinski definition) is 5. The Hall–Kier alpha value is -3.35. The summed E-state index contributed by atoms with van der Waals surface area (Å²) in [5.41, 5.74) is 2.21. The minimum absolute atomic E-state index is 0.0144. The number of phenols is 1. The van der Waals surface area contributed by atoms with E-state index in [1.165, 1.54) is 24.9 Å². The predicted octanol–water partition coefficient (Wildman–Crippen LogP) is 2.65. The van der Waals surface area contributed by atoms with Crippen LogP contribution in [0.1, 0.15) is 28.4 Å². The lowest BCUT2D eigenvalue weighted by atomic mass is 10.1. The van der Waals surface area contributed by atoms with Crippen LogP contribution in [-0.2, 0) is 14.3 Å². The second-order valence-corrected chi connectivity index (χ2v) is 6.63. The van der Waals surface area contributed by atoms with E-state index in [1.807, 2.05) is 19.1 Å². The van der Waals surface area contributed by atoms with E-state index in [4.69, 9.17) is 4.74 Å². The number of carbonyl (C=O) groups excluding carboxylic acids is 3. The topological polar surface area (TPSA) is 95.9 Å². The SMILES string of the molecule is Cc1ccc(NC(=O)CN(C)C(=O)[C@@H](C)OC(=O)c2cccc(C)c2O)cc1. The third-order valence-electron chi connectivity index (χ3n) is 4.18. The maximum atomic E-state index is 12.4. The van der Waals surface area contributed by atoms with Crippen LogP contribution in [0.2, 0.25) is 0 Å². The number of carbonyl (C=O) groups is 3. The Kier molecular flexibility index (Phi) is 6.76. The van der Waals surface area contributed by atoms with E-state index < -0.39 is 18.0 Å². The Balaban J connectivity index is 1.92. The van der Waals surface area contributed by atoms with Crippen LogP contribution in [0, 0.1) is 13.8 Å². The summed E-state index contributed by atoms with van der Waals surface area (Å²) in [6, 6.07) is 12.0. The van der Waals surface area contributed by atoms with E-state index in [0.717, 1.165) is 5.56 Å². The first kappa shape index (κ1) is 21.0. The molecular formula is C21H24N2O5. The zero-order valence-corrected chi connectivity index (χ0v) is 16.4. The van der Waals surface area contributed by atoms with E-state index >= 15 is 0 Å². The molecular weight excluding hydrogens is 360 g/mol. The van der Waals surface area contributed by atoms with Crippen molar-refractivity contribution in [3.05, 3.63) is 59.2 Å². The molecule has 0 aliphatic rings. The maximum absolute atomic E-state index is 12.4. The molecule has 0 radical (unpaired) electrons. The summed E-state index contributed by atoms with van der Waals surface area (Å²) < 4.78 is 5.15. The quantitative estimate of drug-likeness (QED) is 0.747. The number of aromatic hydroxyl groups is 1. The lowest BCUT2D eigenvalue weighted by molar-refractivity contribution is -0.140. The first-order chi connectivity index (χ1) is 13.2. The van der Waals surface area contributed by atoms with Gasteiger partial charge in [-0.1, -0.05) is 29.8 Å². The van der Waals surface area contributed by atoms with Crippen molar-refractivity contribution in [3.8, 4) is 5.75 Å². The van der Waals surface area contributed by atoms with Crippen LogP contribution in [0.3, 0.4) is 0 Å². The average Bonchev–Trinajstić information content (AvgIpc) is 2.64. The van der Waals surface area contributed by atoms with Gasteiger partial charge >= 0.3 is 5.97 Å². The lowest BCUT2D eigenvalue weighted by Gasteiger charge is -2.21. The van der Waals surface area contributed by atoms with Crippen molar-refractivity contribution in [3.63, 3.8) is 0 Å². The highest BCUT2D eigenvalue weighted by Gasteiger charge is 2.25. The molecule has 28 heavy (non-hydrogen) atoms. The minimum atomic E-state index is -1.11. The fraction of sp³-hybridized carbons (Fsp3) is 0.286. The first-order valence-electron chi connectivity index (χ1n) is 8.80. The summed E-state index contributed by atoms with van der Waals surface area (Å²) in [5.74, 6) is -1.88. The minimum Gasteiger partial charge on any atom is -0.507 e. The van der Waals surface area contributed by atoms with E-state index in [1.54, 1.807) is 31.2 Å². The van der Waals surface area contributed by atoms with Crippen molar-refractivity contribution in [2.75, 3.05) is 18.9 Å². The van der Waals surface area contributed by atoms with Crippen LogP contribution in [0.4, 0.5) is 5.69 Å².